The number of nitrogens with one attached hydrogen (secondary N) is 1. The van der Waals surface area contributed by atoms with Crippen LogP contribution in [0, 0.1) is 0 Å². The van der Waals surface area contributed by atoms with Crippen LogP contribution in [0.25, 0.3) is 11.3 Å². The monoisotopic (exact) mass is 389 g/mol. The maximum absolute atomic E-state index is 12.5. The molecule has 0 fully saturated rings. The highest BCUT2D eigenvalue weighted by atomic mass is 32.2. The summed E-state index contributed by atoms with van der Waals surface area (Å²) < 4.78 is 38.5. The number of rotatable bonds is 5. The second kappa shape index (κ2) is 7.02. The van der Waals surface area contributed by atoms with Crippen molar-refractivity contribution in [3.8, 4) is 22.8 Å². The Morgan fingerprint density at radius 3 is 2.81 bits per heavy atom. The smallest absolute Gasteiger partial charge is 0.241 e. The van der Waals surface area contributed by atoms with E-state index in [1.165, 1.54) is 23.5 Å². The van der Waals surface area contributed by atoms with Crippen molar-refractivity contribution >= 4 is 21.4 Å². The third-order valence-corrected chi connectivity index (χ3v) is 5.99. The van der Waals surface area contributed by atoms with Crippen LogP contribution in [0.3, 0.4) is 0 Å². The lowest BCUT2D eigenvalue weighted by molar-refractivity contribution is 0.171. The van der Waals surface area contributed by atoms with Gasteiger partial charge in [-0.15, -0.1) is 11.3 Å². The summed E-state index contributed by atoms with van der Waals surface area (Å²) >= 11 is 1.39. The first-order valence-electron chi connectivity index (χ1n) is 7.86. The molecule has 2 aromatic heterocycles. The predicted molar refractivity (Wildman–Crippen MR) is 96.8 cm³/mol. The third kappa shape index (κ3) is 3.55. The van der Waals surface area contributed by atoms with Gasteiger partial charge in [-0.25, -0.2) is 18.1 Å². The van der Waals surface area contributed by atoms with E-state index in [-0.39, 0.29) is 11.4 Å². The molecule has 1 N–H and O–H groups in total. The number of sulfonamides is 1. The Balaban J connectivity index is 1.48. The van der Waals surface area contributed by atoms with Gasteiger partial charge in [0.2, 0.25) is 10.0 Å². The summed E-state index contributed by atoms with van der Waals surface area (Å²) in [6.45, 7) is 0.975. The number of benzene rings is 1. The van der Waals surface area contributed by atoms with Crippen LogP contribution in [0.2, 0.25) is 0 Å². The molecule has 9 heteroatoms. The van der Waals surface area contributed by atoms with Crippen LogP contribution in [0.4, 0.5) is 0 Å². The highest BCUT2D eigenvalue weighted by Crippen LogP contribution is 2.32. The highest BCUT2D eigenvalue weighted by Gasteiger charge is 2.19. The number of ether oxygens (including phenoxy) is 2. The first-order chi connectivity index (χ1) is 12.6. The molecule has 7 nitrogen and oxygen atoms in total. The standard InChI is InChI=1S/C17H15N3O4S2/c21-26(22,13-3-4-15-16(8-13)24-7-6-23-15)19-10-17-20-14(11-25-17)12-2-1-5-18-9-12/h1-5,8-9,11,19H,6-7,10H2. The van der Waals surface area contributed by atoms with Gasteiger partial charge in [0.15, 0.2) is 11.5 Å². The highest BCUT2D eigenvalue weighted by molar-refractivity contribution is 7.89. The Morgan fingerprint density at radius 2 is 2.00 bits per heavy atom. The van der Waals surface area contributed by atoms with Gasteiger partial charge in [-0.2, -0.15) is 0 Å². The molecule has 0 amide bonds. The van der Waals surface area contributed by atoms with Crippen LogP contribution in [-0.2, 0) is 16.6 Å². The fourth-order valence-corrected chi connectivity index (χ4v) is 4.31. The van der Waals surface area contributed by atoms with Crippen LogP contribution in [0.15, 0.2) is 53.0 Å². The van der Waals surface area contributed by atoms with Gasteiger partial charge in [0.25, 0.3) is 0 Å². The van der Waals surface area contributed by atoms with Crippen LogP contribution in [0.5, 0.6) is 11.5 Å². The molecule has 3 aromatic rings. The summed E-state index contributed by atoms with van der Waals surface area (Å²) in [7, 11) is -3.68. The molecule has 1 aromatic carbocycles. The van der Waals surface area contributed by atoms with Crippen molar-refractivity contribution in [2.45, 2.75) is 11.4 Å². The van der Waals surface area contributed by atoms with Gasteiger partial charge in [0.05, 0.1) is 17.1 Å². The van der Waals surface area contributed by atoms with Crippen molar-refractivity contribution in [3.05, 3.63) is 53.1 Å². The third-order valence-electron chi connectivity index (χ3n) is 3.75. The van der Waals surface area contributed by atoms with Gasteiger partial charge < -0.3 is 9.47 Å². The fourth-order valence-electron chi connectivity index (χ4n) is 2.47. The molecule has 0 spiro atoms. The lowest BCUT2D eigenvalue weighted by Gasteiger charge is -2.18. The molecular weight excluding hydrogens is 374 g/mol. The Morgan fingerprint density at radius 1 is 1.15 bits per heavy atom. The first-order valence-corrected chi connectivity index (χ1v) is 10.2. The predicted octanol–water partition coefficient (Wildman–Crippen LogP) is 2.45. The van der Waals surface area contributed by atoms with Gasteiger partial charge in [0.1, 0.15) is 18.2 Å². The molecule has 26 heavy (non-hydrogen) atoms. The lowest BCUT2D eigenvalue weighted by Crippen LogP contribution is -2.23. The molecule has 1 aliphatic heterocycles. The maximum Gasteiger partial charge on any atom is 0.241 e. The minimum absolute atomic E-state index is 0.113. The molecule has 0 saturated carbocycles. The van der Waals surface area contributed by atoms with Crippen molar-refractivity contribution in [1.82, 2.24) is 14.7 Å². The largest absolute Gasteiger partial charge is 0.486 e. The van der Waals surface area contributed by atoms with E-state index >= 15 is 0 Å². The van der Waals surface area contributed by atoms with Crippen molar-refractivity contribution in [3.63, 3.8) is 0 Å². The van der Waals surface area contributed by atoms with Crippen molar-refractivity contribution in [2.75, 3.05) is 13.2 Å². The van der Waals surface area contributed by atoms with E-state index in [9.17, 15) is 8.42 Å². The van der Waals surface area contributed by atoms with Crippen molar-refractivity contribution in [1.29, 1.82) is 0 Å². The average molecular weight is 389 g/mol. The molecular formula is C17H15N3O4S2. The summed E-state index contributed by atoms with van der Waals surface area (Å²) in [5.74, 6) is 0.989. The molecule has 0 atom stereocenters. The summed E-state index contributed by atoms with van der Waals surface area (Å²) in [6.07, 6.45) is 3.41. The molecule has 3 heterocycles. The van der Waals surface area contributed by atoms with Gasteiger partial charge >= 0.3 is 0 Å². The zero-order valence-electron chi connectivity index (χ0n) is 13.6. The number of thiazole rings is 1. The second-order valence-electron chi connectivity index (χ2n) is 5.50. The lowest BCUT2D eigenvalue weighted by atomic mass is 10.2. The van der Waals surface area contributed by atoms with E-state index in [1.807, 2.05) is 17.5 Å². The van der Waals surface area contributed by atoms with Crippen LogP contribution >= 0.6 is 11.3 Å². The molecule has 0 saturated heterocycles. The van der Waals surface area contributed by atoms with E-state index in [4.69, 9.17) is 9.47 Å². The van der Waals surface area contributed by atoms with Crippen molar-refractivity contribution < 1.29 is 17.9 Å². The number of nitrogens with zero attached hydrogens (tertiary/aromatic N) is 2. The minimum atomic E-state index is -3.68. The van der Waals surface area contributed by atoms with Crippen LogP contribution in [-0.4, -0.2) is 31.6 Å². The number of hydrogen-bond acceptors (Lipinski definition) is 7. The Labute approximate surface area is 154 Å². The van der Waals surface area contributed by atoms with Crippen LogP contribution < -0.4 is 14.2 Å². The summed E-state index contributed by atoms with van der Waals surface area (Å²) in [4.78, 5) is 8.65. The summed E-state index contributed by atoms with van der Waals surface area (Å²) in [6, 6.07) is 8.32. The number of hydrogen-bond donors (Lipinski definition) is 1. The van der Waals surface area contributed by atoms with Crippen molar-refractivity contribution in [2.24, 2.45) is 0 Å². The molecule has 0 aliphatic carbocycles. The first kappa shape index (κ1) is 17.0. The number of fused-ring (bicyclic) bond motifs is 1. The van der Waals surface area contributed by atoms with Gasteiger partial charge in [0, 0.05) is 29.4 Å². The van der Waals surface area contributed by atoms with Gasteiger partial charge in [-0.05, 0) is 24.3 Å². The fraction of sp³-hybridized carbons (Fsp3) is 0.176. The summed E-state index contributed by atoms with van der Waals surface area (Å²) in [5.41, 5.74) is 1.67. The van der Waals surface area contributed by atoms with Gasteiger partial charge in [-0.1, -0.05) is 0 Å². The van der Waals surface area contributed by atoms with E-state index in [2.05, 4.69) is 14.7 Å². The minimum Gasteiger partial charge on any atom is -0.486 e. The number of aromatic nitrogens is 2. The topological polar surface area (TPSA) is 90.4 Å². The zero-order valence-corrected chi connectivity index (χ0v) is 15.2. The molecule has 0 bridgehead atoms. The summed E-state index contributed by atoms with van der Waals surface area (Å²) in [5, 5.41) is 2.55. The van der Waals surface area contributed by atoms with E-state index < -0.39 is 10.0 Å². The molecule has 134 valence electrons. The van der Waals surface area contributed by atoms with Crippen LogP contribution in [0.1, 0.15) is 5.01 Å². The quantitative estimate of drug-likeness (QED) is 0.721. The van der Waals surface area contributed by atoms with Gasteiger partial charge in [-0.3, -0.25) is 4.98 Å². The zero-order chi connectivity index (χ0) is 18.0. The number of pyridine rings is 1. The Hall–Kier alpha value is -2.49. The Kier molecular flexibility index (Phi) is 4.58. The second-order valence-corrected chi connectivity index (χ2v) is 8.21. The van der Waals surface area contributed by atoms with E-state index in [0.717, 1.165) is 11.3 Å². The molecule has 0 radical (unpaired) electrons. The molecule has 0 unspecified atom stereocenters. The molecule has 4 rings (SSSR count). The normalized spacial score (nSPS) is 13.5. The SMILES string of the molecule is O=S(=O)(NCc1nc(-c2cccnc2)cs1)c1ccc2c(c1)OCCO2. The average Bonchev–Trinajstić information content (AvgIpc) is 3.16. The Bertz CT molecular complexity index is 1020. The van der Waals surface area contributed by atoms with E-state index in [0.29, 0.717) is 29.7 Å². The molecule has 1 aliphatic rings. The van der Waals surface area contributed by atoms with E-state index in [1.54, 1.807) is 18.5 Å². The maximum atomic E-state index is 12.5.